The number of ether oxygens (including phenoxy) is 1. The zero-order chi connectivity index (χ0) is 17.4. The van der Waals surface area contributed by atoms with Gasteiger partial charge in [-0.2, -0.15) is 0 Å². The van der Waals surface area contributed by atoms with Gasteiger partial charge < -0.3 is 20.3 Å². The number of benzene rings is 1. The minimum atomic E-state index is -1.09. The number of carboxylic acids is 1. The van der Waals surface area contributed by atoms with Crippen molar-refractivity contribution in [3.8, 4) is 0 Å². The third-order valence-electron chi connectivity index (χ3n) is 3.51. The molecule has 1 saturated carbocycles. The van der Waals surface area contributed by atoms with Crippen LogP contribution in [0.1, 0.15) is 49.2 Å². The number of carbonyl (C=O) groups excluding carboxylic acids is 1. The summed E-state index contributed by atoms with van der Waals surface area (Å²) in [4.78, 5) is 23.0. The number of aliphatic hydroxyl groups excluding tert-OH is 1. The molecule has 7 heteroatoms. The average molecular weight is 386 g/mol. The lowest BCUT2D eigenvalue weighted by molar-refractivity contribution is 0.0511. The van der Waals surface area contributed by atoms with E-state index in [4.69, 9.17) is 4.74 Å². The number of hydrogen-bond acceptors (Lipinski definition) is 4. The predicted molar refractivity (Wildman–Crippen MR) is 87.3 cm³/mol. The highest BCUT2D eigenvalue weighted by atomic mass is 79.9. The Morgan fingerprint density at radius 2 is 2.04 bits per heavy atom. The van der Waals surface area contributed by atoms with E-state index in [2.05, 4.69) is 21.2 Å². The maximum Gasteiger partial charge on any atom is 0.407 e. The van der Waals surface area contributed by atoms with Crippen molar-refractivity contribution in [2.45, 2.75) is 44.9 Å². The van der Waals surface area contributed by atoms with Crippen LogP contribution in [-0.2, 0) is 4.74 Å². The van der Waals surface area contributed by atoms with Gasteiger partial charge >= 0.3 is 12.1 Å². The molecule has 0 spiro atoms. The van der Waals surface area contributed by atoms with Crippen molar-refractivity contribution in [1.82, 2.24) is 5.32 Å². The van der Waals surface area contributed by atoms with E-state index < -0.39 is 23.8 Å². The van der Waals surface area contributed by atoms with Crippen molar-refractivity contribution >= 4 is 28.0 Å². The summed E-state index contributed by atoms with van der Waals surface area (Å²) in [6, 6.07) is 4.43. The van der Waals surface area contributed by atoms with E-state index in [1.165, 1.54) is 6.07 Å². The highest BCUT2D eigenvalue weighted by molar-refractivity contribution is 9.10. The number of alkyl carbamates (subject to hydrolysis) is 1. The van der Waals surface area contributed by atoms with E-state index in [0.29, 0.717) is 16.5 Å². The maximum absolute atomic E-state index is 11.7. The Morgan fingerprint density at radius 1 is 1.39 bits per heavy atom. The molecule has 0 aromatic heterocycles. The van der Waals surface area contributed by atoms with E-state index in [-0.39, 0.29) is 17.5 Å². The number of carbonyl (C=O) groups is 2. The van der Waals surface area contributed by atoms with Gasteiger partial charge in [-0.15, -0.1) is 0 Å². The Bertz CT molecular complexity index is 625. The van der Waals surface area contributed by atoms with Crippen molar-refractivity contribution in [3.63, 3.8) is 0 Å². The zero-order valence-corrected chi connectivity index (χ0v) is 14.8. The second kappa shape index (κ2) is 6.49. The van der Waals surface area contributed by atoms with E-state index in [9.17, 15) is 19.8 Å². The molecule has 3 unspecified atom stereocenters. The first-order valence-corrected chi connectivity index (χ1v) is 8.08. The van der Waals surface area contributed by atoms with Crippen LogP contribution < -0.4 is 5.32 Å². The molecule has 126 valence electrons. The van der Waals surface area contributed by atoms with E-state index in [1.54, 1.807) is 32.9 Å². The van der Waals surface area contributed by atoms with Crippen LogP contribution >= 0.6 is 15.9 Å². The van der Waals surface area contributed by atoms with Gasteiger partial charge in [0.25, 0.3) is 0 Å². The number of rotatable bonds is 4. The Morgan fingerprint density at radius 3 is 2.61 bits per heavy atom. The SMILES string of the molecule is CC(C)(C)OC(=O)NC1CC1C(O)c1cc(Br)ccc1C(=O)O. The highest BCUT2D eigenvalue weighted by Gasteiger charge is 2.45. The first-order chi connectivity index (χ1) is 10.6. The number of carboxylic acid groups (broad SMARTS) is 1. The fraction of sp³-hybridized carbons (Fsp3) is 0.500. The predicted octanol–water partition coefficient (Wildman–Crippen LogP) is 3.09. The molecule has 0 bridgehead atoms. The normalized spacial score (nSPS) is 21.4. The molecule has 0 saturated heterocycles. The van der Waals surface area contributed by atoms with Crippen molar-refractivity contribution in [2.75, 3.05) is 0 Å². The largest absolute Gasteiger partial charge is 0.478 e. The fourth-order valence-electron chi connectivity index (χ4n) is 2.39. The molecule has 1 amide bonds. The van der Waals surface area contributed by atoms with Gasteiger partial charge in [-0.25, -0.2) is 9.59 Å². The fourth-order valence-corrected chi connectivity index (χ4v) is 2.77. The van der Waals surface area contributed by atoms with E-state index in [0.717, 1.165) is 0 Å². The average Bonchev–Trinajstić information content (AvgIpc) is 3.14. The van der Waals surface area contributed by atoms with Crippen LogP contribution in [0.3, 0.4) is 0 Å². The van der Waals surface area contributed by atoms with Crippen molar-refractivity contribution in [2.24, 2.45) is 5.92 Å². The molecular formula is C16H20BrNO5. The van der Waals surface area contributed by atoms with Gasteiger partial charge in [0, 0.05) is 16.4 Å². The Kier molecular flexibility index (Phi) is 5.01. The molecule has 0 radical (unpaired) electrons. The van der Waals surface area contributed by atoms with Crippen molar-refractivity contribution in [1.29, 1.82) is 0 Å². The van der Waals surface area contributed by atoms with Crippen LogP contribution in [0.5, 0.6) is 0 Å². The highest BCUT2D eigenvalue weighted by Crippen LogP contribution is 2.43. The summed E-state index contributed by atoms with van der Waals surface area (Å²) in [6.07, 6.45) is -0.921. The quantitative estimate of drug-likeness (QED) is 0.739. The number of aliphatic hydroxyl groups is 1. The van der Waals surface area contributed by atoms with Gasteiger partial charge in [0.1, 0.15) is 5.60 Å². The molecule has 1 aliphatic carbocycles. The number of halogens is 1. The lowest BCUT2D eigenvalue weighted by Gasteiger charge is -2.20. The lowest BCUT2D eigenvalue weighted by atomic mass is 9.99. The van der Waals surface area contributed by atoms with Gasteiger partial charge in [0.05, 0.1) is 11.7 Å². The topological polar surface area (TPSA) is 95.9 Å². The molecule has 23 heavy (non-hydrogen) atoms. The summed E-state index contributed by atoms with van der Waals surface area (Å²) >= 11 is 3.28. The molecule has 3 N–H and O–H groups in total. The summed E-state index contributed by atoms with van der Waals surface area (Å²) in [5, 5.41) is 22.4. The van der Waals surface area contributed by atoms with Gasteiger partial charge in [-0.05, 0) is 51.0 Å². The van der Waals surface area contributed by atoms with E-state index >= 15 is 0 Å². The maximum atomic E-state index is 11.7. The Labute approximate surface area is 143 Å². The third kappa shape index (κ3) is 4.68. The van der Waals surface area contributed by atoms with Crippen LogP contribution in [0.2, 0.25) is 0 Å². The van der Waals surface area contributed by atoms with Crippen molar-refractivity contribution in [3.05, 3.63) is 33.8 Å². The van der Waals surface area contributed by atoms with Gasteiger partial charge in [-0.3, -0.25) is 0 Å². The standard InChI is InChI=1S/C16H20BrNO5/c1-16(2,3)23-15(22)18-12-7-11(12)13(19)10-6-8(17)4-5-9(10)14(20)21/h4-6,11-13,19H,7H2,1-3H3,(H,18,22)(H,20,21). The Balaban J connectivity index is 2.04. The lowest BCUT2D eigenvalue weighted by Crippen LogP contribution is -2.34. The number of hydrogen-bond donors (Lipinski definition) is 3. The molecule has 0 aliphatic heterocycles. The van der Waals surface area contributed by atoms with Crippen LogP contribution in [0.15, 0.2) is 22.7 Å². The molecule has 1 aliphatic rings. The van der Waals surface area contributed by atoms with Crippen molar-refractivity contribution < 1.29 is 24.5 Å². The number of nitrogens with one attached hydrogen (secondary N) is 1. The van der Waals surface area contributed by atoms with E-state index in [1.807, 2.05) is 0 Å². The summed E-state index contributed by atoms with van der Waals surface area (Å²) in [5.74, 6) is -1.32. The van der Waals surface area contributed by atoms with Crippen LogP contribution in [0.4, 0.5) is 4.79 Å². The van der Waals surface area contributed by atoms with Gasteiger partial charge in [-0.1, -0.05) is 15.9 Å². The number of aromatic carboxylic acids is 1. The second-order valence-electron chi connectivity index (χ2n) is 6.63. The zero-order valence-electron chi connectivity index (χ0n) is 13.2. The molecule has 1 fully saturated rings. The Hall–Kier alpha value is -1.60. The summed E-state index contributed by atoms with van der Waals surface area (Å²) in [7, 11) is 0. The minimum Gasteiger partial charge on any atom is -0.478 e. The molecule has 0 heterocycles. The summed E-state index contributed by atoms with van der Waals surface area (Å²) in [6.45, 7) is 5.31. The van der Waals surface area contributed by atoms with Gasteiger partial charge in [0.2, 0.25) is 0 Å². The molecule has 6 nitrogen and oxygen atoms in total. The minimum absolute atomic E-state index is 0.0589. The summed E-state index contributed by atoms with van der Waals surface area (Å²) < 4.78 is 5.86. The number of amides is 1. The molecule has 3 atom stereocenters. The first-order valence-electron chi connectivity index (χ1n) is 7.29. The molecular weight excluding hydrogens is 366 g/mol. The van der Waals surface area contributed by atoms with Gasteiger partial charge in [0.15, 0.2) is 0 Å². The smallest absolute Gasteiger partial charge is 0.407 e. The van der Waals surface area contributed by atoms with Crippen LogP contribution in [0, 0.1) is 5.92 Å². The molecule has 2 rings (SSSR count). The first kappa shape index (κ1) is 17.7. The molecule has 1 aromatic carbocycles. The summed E-state index contributed by atoms with van der Waals surface area (Å²) in [5.41, 5.74) is -0.192. The second-order valence-corrected chi connectivity index (χ2v) is 7.55. The molecule has 1 aromatic rings. The monoisotopic (exact) mass is 385 g/mol. The van der Waals surface area contributed by atoms with Crippen LogP contribution in [-0.4, -0.2) is 33.9 Å². The third-order valence-corrected chi connectivity index (χ3v) is 4.00. The van der Waals surface area contributed by atoms with Crippen LogP contribution in [0.25, 0.3) is 0 Å².